The van der Waals surface area contributed by atoms with Crippen LogP contribution in [-0.4, -0.2) is 39.6 Å². The quantitative estimate of drug-likeness (QED) is 0.593. The molecule has 1 aliphatic heterocycles. The molecule has 0 radical (unpaired) electrons. The number of hydrogen-bond donors (Lipinski definition) is 3. The predicted octanol–water partition coefficient (Wildman–Crippen LogP) is -1.57. The Kier molecular flexibility index (Phi) is 3.14. The first-order chi connectivity index (χ1) is 8.10. The van der Waals surface area contributed by atoms with E-state index >= 15 is 0 Å². The van der Waals surface area contributed by atoms with Gasteiger partial charge in [0.15, 0.2) is 0 Å². The molecule has 2 heterocycles. The molecule has 1 saturated heterocycles. The van der Waals surface area contributed by atoms with E-state index in [4.69, 9.17) is 4.74 Å². The standard InChI is InChI=1S/C10H14N2O5/c13-4-10(5-14)3-8(17-6-10)12-2-1-7(15)11-9(12)16/h1-2,8,13-14H,3-6H2,(H,11,15,16). The molecule has 3 N–H and O–H groups in total. The molecule has 1 aromatic rings. The van der Waals surface area contributed by atoms with Crippen LogP contribution in [0.5, 0.6) is 0 Å². The minimum Gasteiger partial charge on any atom is -0.396 e. The number of aromatic amines is 1. The monoisotopic (exact) mass is 242 g/mol. The molecule has 7 heteroatoms. The van der Waals surface area contributed by atoms with Crippen LogP contribution in [0.15, 0.2) is 21.9 Å². The fourth-order valence-electron chi connectivity index (χ4n) is 1.86. The Hall–Kier alpha value is -1.44. The Bertz CT molecular complexity index is 502. The lowest BCUT2D eigenvalue weighted by Gasteiger charge is -2.21. The molecule has 0 spiro atoms. The predicted molar refractivity (Wildman–Crippen MR) is 57.5 cm³/mol. The van der Waals surface area contributed by atoms with Crippen LogP contribution in [0.2, 0.25) is 0 Å². The number of hydrogen-bond acceptors (Lipinski definition) is 5. The van der Waals surface area contributed by atoms with Crippen LogP contribution in [-0.2, 0) is 4.74 Å². The molecule has 0 saturated carbocycles. The molecular weight excluding hydrogens is 228 g/mol. The fourth-order valence-corrected chi connectivity index (χ4v) is 1.86. The van der Waals surface area contributed by atoms with Gasteiger partial charge in [0.2, 0.25) is 0 Å². The van der Waals surface area contributed by atoms with Crippen molar-refractivity contribution in [3.63, 3.8) is 0 Å². The number of ether oxygens (including phenoxy) is 1. The number of nitrogens with one attached hydrogen (secondary N) is 1. The van der Waals surface area contributed by atoms with Crippen molar-refractivity contribution in [2.24, 2.45) is 5.41 Å². The van der Waals surface area contributed by atoms with E-state index in [1.165, 1.54) is 16.8 Å². The van der Waals surface area contributed by atoms with Crippen molar-refractivity contribution in [3.8, 4) is 0 Å². The van der Waals surface area contributed by atoms with Gasteiger partial charge < -0.3 is 14.9 Å². The van der Waals surface area contributed by atoms with Gasteiger partial charge in [-0.2, -0.15) is 0 Å². The first-order valence-electron chi connectivity index (χ1n) is 5.25. The fraction of sp³-hybridized carbons (Fsp3) is 0.600. The number of H-pyrrole nitrogens is 1. The van der Waals surface area contributed by atoms with Gasteiger partial charge in [0.25, 0.3) is 5.56 Å². The molecule has 7 nitrogen and oxygen atoms in total. The highest BCUT2D eigenvalue weighted by atomic mass is 16.5. The van der Waals surface area contributed by atoms with Crippen molar-refractivity contribution >= 4 is 0 Å². The molecule has 1 atom stereocenters. The third-order valence-electron chi connectivity index (χ3n) is 3.02. The van der Waals surface area contributed by atoms with Crippen LogP contribution in [0.1, 0.15) is 12.6 Å². The van der Waals surface area contributed by atoms with Crippen molar-refractivity contribution in [2.75, 3.05) is 19.8 Å². The molecule has 17 heavy (non-hydrogen) atoms. The molecule has 1 aromatic heterocycles. The van der Waals surface area contributed by atoms with E-state index in [0.717, 1.165) is 0 Å². The molecular formula is C10H14N2O5. The number of aromatic nitrogens is 2. The van der Waals surface area contributed by atoms with Crippen molar-refractivity contribution in [3.05, 3.63) is 33.1 Å². The van der Waals surface area contributed by atoms with Gasteiger partial charge in [0, 0.05) is 24.1 Å². The van der Waals surface area contributed by atoms with E-state index < -0.39 is 22.9 Å². The SMILES string of the molecule is O=c1ccn(C2CC(CO)(CO)CO2)c(=O)[nH]1. The Labute approximate surface area is 96.3 Å². The zero-order valence-electron chi connectivity index (χ0n) is 9.13. The first kappa shape index (κ1) is 12.0. The summed E-state index contributed by atoms with van der Waals surface area (Å²) in [7, 11) is 0. The number of aliphatic hydroxyl groups excluding tert-OH is 2. The highest BCUT2D eigenvalue weighted by Crippen LogP contribution is 2.36. The summed E-state index contributed by atoms with van der Waals surface area (Å²) >= 11 is 0. The second kappa shape index (κ2) is 4.44. The van der Waals surface area contributed by atoms with E-state index in [0.29, 0.717) is 6.42 Å². The average molecular weight is 242 g/mol. The lowest BCUT2D eigenvalue weighted by atomic mass is 9.89. The van der Waals surface area contributed by atoms with Crippen molar-refractivity contribution in [2.45, 2.75) is 12.6 Å². The number of nitrogens with zero attached hydrogens (tertiary/aromatic N) is 1. The first-order valence-corrected chi connectivity index (χ1v) is 5.25. The second-order valence-corrected chi connectivity index (χ2v) is 4.30. The summed E-state index contributed by atoms with van der Waals surface area (Å²) < 4.78 is 6.62. The summed E-state index contributed by atoms with van der Waals surface area (Å²) in [5, 5.41) is 18.4. The molecule has 0 aliphatic carbocycles. The molecule has 0 amide bonds. The van der Waals surface area contributed by atoms with Gasteiger partial charge in [-0.3, -0.25) is 14.3 Å². The second-order valence-electron chi connectivity index (χ2n) is 4.30. The van der Waals surface area contributed by atoms with Gasteiger partial charge in [0.05, 0.1) is 19.8 Å². The van der Waals surface area contributed by atoms with Crippen LogP contribution in [0.4, 0.5) is 0 Å². The van der Waals surface area contributed by atoms with E-state index in [2.05, 4.69) is 4.98 Å². The minimum atomic E-state index is -0.722. The third-order valence-corrected chi connectivity index (χ3v) is 3.02. The van der Waals surface area contributed by atoms with Gasteiger partial charge >= 0.3 is 5.69 Å². The van der Waals surface area contributed by atoms with E-state index in [1.54, 1.807) is 0 Å². The molecule has 0 bridgehead atoms. The van der Waals surface area contributed by atoms with Crippen LogP contribution in [0.25, 0.3) is 0 Å². The van der Waals surface area contributed by atoms with Gasteiger partial charge in [-0.15, -0.1) is 0 Å². The maximum absolute atomic E-state index is 11.5. The number of aliphatic hydroxyl groups is 2. The lowest BCUT2D eigenvalue weighted by molar-refractivity contribution is 0.0220. The summed E-state index contributed by atoms with van der Waals surface area (Å²) in [4.78, 5) is 24.6. The van der Waals surface area contributed by atoms with Crippen LogP contribution in [0, 0.1) is 5.41 Å². The Morgan fingerprint density at radius 1 is 1.47 bits per heavy atom. The van der Waals surface area contributed by atoms with Gasteiger partial charge in [-0.1, -0.05) is 0 Å². The smallest absolute Gasteiger partial charge is 0.330 e. The summed E-state index contributed by atoms with van der Waals surface area (Å²) in [6.45, 7) is -0.244. The van der Waals surface area contributed by atoms with Crippen LogP contribution < -0.4 is 11.2 Å². The van der Waals surface area contributed by atoms with Crippen LogP contribution in [0.3, 0.4) is 0 Å². The summed E-state index contributed by atoms with van der Waals surface area (Å²) in [6, 6.07) is 1.22. The number of rotatable bonds is 3. The highest BCUT2D eigenvalue weighted by Gasteiger charge is 2.40. The van der Waals surface area contributed by atoms with Crippen molar-refractivity contribution < 1.29 is 14.9 Å². The minimum absolute atomic E-state index is 0.177. The van der Waals surface area contributed by atoms with Gasteiger partial charge in [-0.25, -0.2) is 4.79 Å². The molecule has 1 aliphatic rings. The van der Waals surface area contributed by atoms with Gasteiger partial charge in [-0.05, 0) is 0 Å². The topological polar surface area (TPSA) is 105 Å². The largest absolute Gasteiger partial charge is 0.396 e. The summed E-state index contributed by atoms with van der Waals surface area (Å²) in [5.41, 5.74) is -1.76. The normalized spacial score (nSPS) is 22.8. The maximum Gasteiger partial charge on any atom is 0.330 e. The molecule has 2 rings (SSSR count). The van der Waals surface area contributed by atoms with E-state index in [9.17, 15) is 19.8 Å². The third kappa shape index (κ3) is 2.17. The Balaban J connectivity index is 2.26. The Morgan fingerprint density at radius 3 is 2.71 bits per heavy atom. The Morgan fingerprint density at radius 2 is 2.18 bits per heavy atom. The van der Waals surface area contributed by atoms with Gasteiger partial charge in [0.1, 0.15) is 6.23 Å². The highest BCUT2D eigenvalue weighted by molar-refractivity contribution is 4.90. The zero-order valence-corrected chi connectivity index (χ0v) is 9.13. The molecule has 1 unspecified atom stereocenters. The van der Waals surface area contributed by atoms with Crippen molar-refractivity contribution in [1.82, 2.24) is 9.55 Å². The molecule has 0 aromatic carbocycles. The molecule has 1 fully saturated rings. The van der Waals surface area contributed by atoms with Crippen LogP contribution >= 0.6 is 0 Å². The molecule has 94 valence electrons. The summed E-state index contributed by atoms with van der Waals surface area (Å²) in [5.74, 6) is 0. The maximum atomic E-state index is 11.5. The van der Waals surface area contributed by atoms with E-state index in [1.807, 2.05) is 0 Å². The zero-order chi connectivity index (χ0) is 12.5. The van der Waals surface area contributed by atoms with Crippen molar-refractivity contribution in [1.29, 1.82) is 0 Å². The summed E-state index contributed by atoms with van der Waals surface area (Å²) in [6.07, 6.45) is 1.10. The lowest BCUT2D eigenvalue weighted by Crippen LogP contribution is -2.33. The van der Waals surface area contributed by atoms with E-state index in [-0.39, 0.29) is 19.8 Å². The average Bonchev–Trinajstić information content (AvgIpc) is 2.74.